The highest BCUT2D eigenvalue weighted by atomic mass is 32.3. The van der Waals surface area contributed by atoms with E-state index in [9.17, 15) is 8.42 Å². The van der Waals surface area contributed by atoms with Crippen LogP contribution in [-0.2, 0) is 10.0 Å². The number of fused-ring (bicyclic) bond motifs is 1. The summed E-state index contributed by atoms with van der Waals surface area (Å²) in [6.07, 6.45) is 0. The van der Waals surface area contributed by atoms with Crippen molar-refractivity contribution >= 4 is 33.6 Å². The molecule has 0 saturated heterocycles. The van der Waals surface area contributed by atoms with Gasteiger partial charge >= 0.3 is 0 Å². The van der Waals surface area contributed by atoms with E-state index in [1.807, 2.05) is 6.07 Å². The van der Waals surface area contributed by atoms with Crippen LogP contribution < -0.4 is 0 Å². The third-order valence-corrected chi connectivity index (χ3v) is 4.23. The van der Waals surface area contributed by atoms with Crippen molar-refractivity contribution in [2.75, 3.05) is 0 Å². The molecule has 1 N–H and O–H groups in total. The molecule has 0 atom stereocenters. The molecule has 0 fully saturated rings. The lowest BCUT2D eigenvalue weighted by molar-refractivity contribution is 0.112. The Morgan fingerprint density at radius 2 is 1.69 bits per heavy atom. The van der Waals surface area contributed by atoms with Gasteiger partial charge in [-0.3, -0.25) is 5.21 Å². The summed E-state index contributed by atoms with van der Waals surface area (Å²) in [6, 6.07) is 11.9. The fraction of sp³-hybridized carbons (Fsp3) is 0. The lowest BCUT2D eigenvalue weighted by Crippen LogP contribution is -2.18. The smallest absolute Gasteiger partial charge is 0.275 e. The van der Waals surface area contributed by atoms with Gasteiger partial charge in [-0.15, -0.1) is 0 Å². The molecule has 0 aromatic heterocycles. The van der Waals surface area contributed by atoms with Gasteiger partial charge in [-0.2, -0.15) is 0 Å². The largest absolute Gasteiger partial charge is 0.289 e. The Bertz CT molecular complexity index is 618. The average molecular weight is 255 g/mol. The quantitative estimate of drug-likeness (QED) is 0.638. The van der Waals surface area contributed by atoms with Gasteiger partial charge in [-0.25, -0.2) is 8.42 Å². The average Bonchev–Trinajstić information content (AvgIpc) is 2.28. The molecule has 2 rings (SSSR count). The van der Waals surface area contributed by atoms with Crippen molar-refractivity contribution in [3.8, 4) is 0 Å². The molecule has 0 bridgehead atoms. The minimum Gasteiger partial charge on any atom is -0.289 e. The summed E-state index contributed by atoms with van der Waals surface area (Å²) >= 11 is 3.42. The van der Waals surface area contributed by atoms with Crippen LogP contribution in [0.2, 0.25) is 0 Å². The van der Waals surface area contributed by atoms with Gasteiger partial charge in [0.25, 0.3) is 10.0 Å². The van der Waals surface area contributed by atoms with Crippen molar-refractivity contribution < 1.29 is 13.6 Å². The summed E-state index contributed by atoms with van der Waals surface area (Å²) < 4.78 is 23.4. The molecule has 4 nitrogen and oxygen atoms in total. The summed E-state index contributed by atoms with van der Waals surface area (Å²) in [7, 11) is -3.95. The summed E-state index contributed by atoms with van der Waals surface area (Å²) in [5.74, 6) is 0. The zero-order chi connectivity index (χ0) is 11.8. The number of benzene rings is 2. The van der Waals surface area contributed by atoms with Crippen molar-refractivity contribution in [2.45, 2.75) is 4.90 Å². The highest BCUT2D eigenvalue weighted by molar-refractivity contribution is 7.99. The second-order valence-corrected chi connectivity index (χ2v) is 5.59. The number of hydrogen-bond donors (Lipinski definition) is 2. The molecule has 0 amide bonds. The Balaban J connectivity index is 2.80. The maximum atomic E-state index is 11.7. The number of thiol groups is 1. The minimum absolute atomic E-state index is 0.0306. The predicted molar refractivity (Wildman–Crippen MR) is 63.7 cm³/mol. The van der Waals surface area contributed by atoms with Crippen LogP contribution in [0.3, 0.4) is 0 Å². The minimum atomic E-state index is -3.95. The van der Waals surface area contributed by atoms with Crippen LogP contribution in [0.1, 0.15) is 0 Å². The summed E-state index contributed by atoms with van der Waals surface area (Å²) in [5.41, 5.74) is 0. The monoisotopic (exact) mass is 255 g/mol. The van der Waals surface area contributed by atoms with Crippen molar-refractivity contribution in [1.82, 2.24) is 3.87 Å². The van der Waals surface area contributed by atoms with Crippen LogP contribution in [0.5, 0.6) is 0 Å². The fourth-order valence-electron chi connectivity index (χ4n) is 1.51. The molecule has 0 heterocycles. The first-order valence-corrected chi connectivity index (χ1v) is 6.28. The van der Waals surface area contributed by atoms with E-state index in [-0.39, 0.29) is 8.77 Å². The number of hydrogen-bond acceptors (Lipinski definition) is 4. The van der Waals surface area contributed by atoms with Gasteiger partial charge < -0.3 is 0 Å². The molecule has 16 heavy (non-hydrogen) atoms. The van der Waals surface area contributed by atoms with E-state index in [4.69, 9.17) is 5.21 Å². The van der Waals surface area contributed by atoms with Gasteiger partial charge in [-0.05, 0) is 15.3 Å². The van der Waals surface area contributed by atoms with Gasteiger partial charge in [0, 0.05) is 5.39 Å². The normalized spacial score (nSPS) is 12.2. The Morgan fingerprint density at radius 1 is 1.06 bits per heavy atom. The van der Waals surface area contributed by atoms with Gasteiger partial charge in [0.15, 0.2) is 0 Å². The Labute approximate surface area is 98.7 Å². The Hall–Kier alpha value is -1.08. The van der Waals surface area contributed by atoms with Gasteiger partial charge in [0.1, 0.15) is 0 Å². The van der Waals surface area contributed by atoms with Crippen LogP contribution in [-0.4, -0.2) is 17.5 Å². The number of nitrogens with zero attached hydrogens (tertiary/aromatic N) is 1. The predicted octanol–water partition coefficient (Wildman–Crippen LogP) is 2.06. The van der Waals surface area contributed by atoms with Crippen LogP contribution in [0.15, 0.2) is 47.4 Å². The highest BCUT2D eigenvalue weighted by Gasteiger charge is 2.22. The molecule has 6 heteroatoms. The van der Waals surface area contributed by atoms with E-state index in [0.29, 0.717) is 5.39 Å². The van der Waals surface area contributed by atoms with Crippen molar-refractivity contribution in [1.29, 1.82) is 0 Å². The maximum Gasteiger partial charge on any atom is 0.275 e. The Morgan fingerprint density at radius 3 is 2.38 bits per heavy atom. The number of rotatable bonds is 2. The first kappa shape index (κ1) is 11.4. The van der Waals surface area contributed by atoms with E-state index in [1.54, 1.807) is 30.3 Å². The molecule has 84 valence electrons. The molecule has 0 radical (unpaired) electrons. The van der Waals surface area contributed by atoms with Crippen LogP contribution >= 0.6 is 12.8 Å². The topological polar surface area (TPSA) is 57.6 Å². The molecule has 0 unspecified atom stereocenters. The molecule has 2 aromatic rings. The van der Waals surface area contributed by atoms with Gasteiger partial charge in [0.2, 0.25) is 0 Å². The molecule has 2 aromatic carbocycles. The second kappa shape index (κ2) is 4.06. The lowest BCUT2D eigenvalue weighted by atomic mass is 10.1. The Kier molecular flexibility index (Phi) is 2.90. The van der Waals surface area contributed by atoms with Crippen LogP contribution in [0, 0.1) is 0 Å². The standard InChI is InChI=1S/C10H9NO3S2/c12-11(15)16(13,14)10-7-3-5-8-4-1-2-6-9(8)10/h1-7,12,15H. The van der Waals surface area contributed by atoms with E-state index in [0.717, 1.165) is 5.39 Å². The summed E-state index contributed by atoms with van der Waals surface area (Å²) in [4.78, 5) is 0.0306. The molecular weight excluding hydrogens is 246 g/mol. The third-order valence-electron chi connectivity index (χ3n) is 2.24. The molecule has 0 spiro atoms. The molecule has 0 saturated carbocycles. The highest BCUT2D eigenvalue weighted by Crippen LogP contribution is 2.25. The third kappa shape index (κ3) is 1.80. The van der Waals surface area contributed by atoms with Crippen molar-refractivity contribution in [2.24, 2.45) is 0 Å². The van der Waals surface area contributed by atoms with Crippen molar-refractivity contribution in [3.05, 3.63) is 42.5 Å². The van der Waals surface area contributed by atoms with Crippen LogP contribution in [0.25, 0.3) is 10.8 Å². The first-order chi connectivity index (χ1) is 7.53. The van der Waals surface area contributed by atoms with Crippen molar-refractivity contribution in [3.63, 3.8) is 0 Å². The van der Waals surface area contributed by atoms with E-state index in [1.165, 1.54) is 6.07 Å². The van der Waals surface area contributed by atoms with E-state index >= 15 is 0 Å². The molecule has 0 aliphatic rings. The SMILES string of the molecule is O=S(=O)(c1cccc2ccccc12)N(O)S. The number of sulfonamides is 1. The summed E-state index contributed by atoms with van der Waals surface area (Å²) in [5, 5.41) is 10.3. The van der Waals surface area contributed by atoms with E-state index in [2.05, 4.69) is 12.8 Å². The first-order valence-electron chi connectivity index (χ1n) is 4.44. The fourth-order valence-corrected chi connectivity index (χ4v) is 2.66. The molecule has 0 aliphatic heterocycles. The zero-order valence-corrected chi connectivity index (χ0v) is 9.82. The van der Waals surface area contributed by atoms with E-state index < -0.39 is 10.0 Å². The van der Waals surface area contributed by atoms with Crippen LogP contribution in [0.4, 0.5) is 0 Å². The molecule has 0 aliphatic carbocycles. The maximum absolute atomic E-state index is 11.7. The lowest BCUT2D eigenvalue weighted by Gasteiger charge is -2.10. The second-order valence-electron chi connectivity index (χ2n) is 3.21. The zero-order valence-electron chi connectivity index (χ0n) is 8.11. The van der Waals surface area contributed by atoms with Gasteiger partial charge in [0.05, 0.1) is 4.90 Å². The molecular formula is C10H9NO3S2. The summed E-state index contributed by atoms with van der Waals surface area (Å²) in [6.45, 7) is 0. The van der Waals surface area contributed by atoms with Gasteiger partial charge in [-0.1, -0.05) is 49.2 Å².